The Morgan fingerprint density at radius 2 is 2.10 bits per heavy atom. The molecule has 1 heterocycles. The number of carboxylic acids is 1. The Hall–Kier alpha value is -1.86. The Balaban J connectivity index is 1.81. The van der Waals surface area contributed by atoms with E-state index in [4.69, 9.17) is 15.3 Å². The molecule has 0 saturated carbocycles. The van der Waals surface area contributed by atoms with E-state index < -0.39 is 12.0 Å². The first kappa shape index (κ1) is 14.5. The highest BCUT2D eigenvalue weighted by Crippen LogP contribution is 2.19. The van der Waals surface area contributed by atoms with E-state index in [0.717, 1.165) is 5.56 Å². The Kier molecular flexibility index (Phi) is 5.14. The molecule has 3 N–H and O–H groups in total. The van der Waals surface area contributed by atoms with Gasteiger partial charge in [0.1, 0.15) is 6.04 Å². The third-order valence-electron chi connectivity index (χ3n) is 2.60. The smallest absolute Gasteiger partial charge is 0.320 e. The molecule has 6 nitrogen and oxygen atoms in total. The number of hydrogen-bond acceptors (Lipinski definition) is 6. The quantitative estimate of drug-likeness (QED) is 0.750. The van der Waals surface area contributed by atoms with Crippen molar-refractivity contribution in [2.75, 3.05) is 5.75 Å². The van der Waals surface area contributed by atoms with E-state index in [0.29, 0.717) is 29.7 Å². The van der Waals surface area contributed by atoms with E-state index in [1.165, 1.54) is 11.8 Å². The summed E-state index contributed by atoms with van der Waals surface area (Å²) in [5, 5.41) is 16.6. The average Bonchev–Trinajstić information content (AvgIpc) is 2.93. The number of hydrogen-bond donors (Lipinski definition) is 2. The van der Waals surface area contributed by atoms with Gasteiger partial charge in [-0.05, 0) is 24.3 Å². The normalized spacial score (nSPS) is 12.2. The van der Waals surface area contributed by atoms with Gasteiger partial charge in [0.25, 0.3) is 0 Å². The van der Waals surface area contributed by atoms with Crippen LogP contribution in [0.1, 0.15) is 12.3 Å². The molecule has 0 saturated heterocycles. The van der Waals surface area contributed by atoms with Crippen molar-refractivity contribution in [1.29, 1.82) is 0 Å². The maximum Gasteiger partial charge on any atom is 0.320 e. The summed E-state index contributed by atoms with van der Waals surface area (Å²) in [4.78, 5) is 10.5. The molecule has 0 bridgehead atoms. The number of aliphatic carboxylic acids is 1. The van der Waals surface area contributed by atoms with Crippen molar-refractivity contribution in [2.24, 2.45) is 5.73 Å². The molecule has 2 rings (SSSR count). The minimum absolute atomic E-state index is 0.416. The average molecular weight is 293 g/mol. The standard InChI is InChI=1S/C13H15N3O3S/c14-10(13(17)18)6-7-20-8-11-15-16-12(19-11)9-4-2-1-3-5-9/h1-5,10H,6-8,14H2,(H,17,18). The molecule has 1 unspecified atom stereocenters. The molecule has 0 spiro atoms. The van der Waals surface area contributed by atoms with Gasteiger partial charge in [0.05, 0.1) is 5.75 Å². The van der Waals surface area contributed by atoms with Crippen molar-refractivity contribution in [3.8, 4) is 11.5 Å². The van der Waals surface area contributed by atoms with Crippen LogP contribution in [0, 0.1) is 0 Å². The molecule has 20 heavy (non-hydrogen) atoms. The Labute approximate surface area is 120 Å². The number of carbonyl (C=O) groups is 1. The predicted molar refractivity (Wildman–Crippen MR) is 76.1 cm³/mol. The van der Waals surface area contributed by atoms with Crippen LogP contribution in [0.25, 0.3) is 11.5 Å². The molecule has 0 aliphatic heterocycles. The molecule has 2 aromatic rings. The summed E-state index contributed by atoms with van der Waals surface area (Å²) < 4.78 is 5.53. The molecule has 0 radical (unpaired) electrons. The first-order valence-electron chi connectivity index (χ1n) is 6.11. The van der Waals surface area contributed by atoms with E-state index >= 15 is 0 Å². The lowest BCUT2D eigenvalue weighted by atomic mass is 10.2. The zero-order valence-corrected chi connectivity index (χ0v) is 11.5. The topological polar surface area (TPSA) is 102 Å². The van der Waals surface area contributed by atoms with Gasteiger partial charge in [-0.15, -0.1) is 10.2 Å². The zero-order chi connectivity index (χ0) is 14.4. The Morgan fingerprint density at radius 3 is 2.80 bits per heavy atom. The van der Waals surface area contributed by atoms with E-state index in [1.807, 2.05) is 30.3 Å². The largest absolute Gasteiger partial charge is 0.480 e. The monoisotopic (exact) mass is 293 g/mol. The number of nitrogens with two attached hydrogens (primary N) is 1. The highest BCUT2D eigenvalue weighted by atomic mass is 32.2. The molecule has 0 fully saturated rings. The second kappa shape index (κ2) is 7.06. The summed E-state index contributed by atoms with van der Waals surface area (Å²) in [6.07, 6.45) is 0.416. The fraction of sp³-hybridized carbons (Fsp3) is 0.308. The maximum atomic E-state index is 10.5. The number of rotatable bonds is 7. The highest BCUT2D eigenvalue weighted by Gasteiger charge is 2.12. The minimum atomic E-state index is -0.977. The van der Waals surface area contributed by atoms with Crippen molar-refractivity contribution in [2.45, 2.75) is 18.2 Å². The second-order valence-corrected chi connectivity index (χ2v) is 5.26. The van der Waals surface area contributed by atoms with Gasteiger partial charge in [0.2, 0.25) is 11.8 Å². The fourth-order valence-corrected chi connectivity index (χ4v) is 2.36. The second-order valence-electron chi connectivity index (χ2n) is 4.15. The van der Waals surface area contributed by atoms with Crippen LogP contribution in [0.2, 0.25) is 0 Å². The number of aromatic nitrogens is 2. The predicted octanol–water partition coefficient (Wildman–Crippen LogP) is 1.77. The van der Waals surface area contributed by atoms with Gasteiger partial charge in [-0.3, -0.25) is 4.79 Å². The molecule has 106 valence electrons. The lowest BCUT2D eigenvalue weighted by Crippen LogP contribution is -2.30. The summed E-state index contributed by atoms with van der Waals surface area (Å²) in [5.41, 5.74) is 6.29. The van der Waals surface area contributed by atoms with Gasteiger partial charge in [0.15, 0.2) is 0 Å². The SMILES string of the molecule is NC(CCSCc1nnc(-c2ccccc2)o1)C(=O)O. The van der Waals surface area contributed by atoms with Crippen LogP contribution in [0.5, 0.6) is 0 Å². The third kappa shape index (κ3) is 4.07. The van der Waals surface area contributed by atoms with E-state index in [-0.39, 0.29) is 0 Å². The molecule has 1 atom stereocenters. The lowest BCUT2D eigenvalue weighted by molar-refractivity contribution is -0.138. The molecular weight excluding hydrogens is 278 g/mol. The summed E-state index contributed by atoms with van der Waals surface area (Å²) in [7, 11) is 0. The molecule has 0 amide bonds. The molecule has 1 aromatic carbocycles. The number of thioether (sulfide) groups is 1. The van der Waals surface area contributed by atoms with Gasteiger partial charge in [-0.25, -0.2) is 0 Å². The molecule has 1 aromatic heterocycles. The van der Waals surface area contributed by atoms with Crippen molar-refractivity contribution in [3.63, 3.8) is 0 Å². The van der Waals surface area contributed by atoms with Gasteiger partial charge in [0, 0.05) is 5.56 Å². The van der Waals surface area contributed by atoms with Crippen LogP contribution in [-0.2, 0) is 10.5 Å². The van der Waals surface area contributed by atoms with Crippen LogP contribution in [0.4, 0.5) is 0 Å². The minimum Gasteiger partial charge on any atom is -0.480 e. The van der Waals surface area contributed by atoms with Crippen LogP contribution in [0.3, 0.4) is 0 Å². The first-order valence-corrected chi connectivity index (χ1v) is 7.26. The van der Waals surface area contributed by atoms with Gasteiger partial charge in [-0.1, -0.05) is 18.2 Å². The Morgan fingerprint density at radius 1 is 1.35 bits per heavy atom. The molecule has 7 heteroatoms. The van der Waals surface area contributed by atoms with Gasteiger partial charge >= 0.3 is 5.97 Å². The number of carboxylic acid groups (broad SMARTS) is 1. The molecule has 0 aliphatic rings. The maximum absolute atomic E-state index is 10.5. The molecular formula is C13H15N3O3S. The zero-order valence-electron chi connectivity index (χ0n) is 10.7. The summed E-state index contributed by atoms with van der Waals surface area (Å²) >= 11 is 1.52. The van der Waals surface area contributed by atoms with E-state index in [2.05, 4.69) is 10.2 Å². The van der Waals surface area contributed by atoms with Crippen LogP contribution >= 0.6 is 11.8 Å². The van der Waals surface area contributed by atoms with Crippen molar-refractivity contribution < 1.29 is 14.3 Å². The highest BCUT2D eigenvalue weighted by molar-refractivity contribution is 7.98. The number of benzene rings is 1. The van der Waals surface area contributed by atoms with Crippen LogP contribution in [0.15, 0.2) is 34.7 Å². The third-order valence-corrected chi connectivity index (χ3v) is 3.58. The van der Waals surface area contributed by atoms with Gasteiger partial charge in [-0.2, -0.15) is 11.8 Å². The van der Waals surface area contributed by atoms with Crippen molar-refractivity contribution in [3.05, 3.63) is 36.2 Å². The number of nitrogens with zero attached hydrogens (tertiary/aromatic N) is 2. The van der Waals surface area contributed by atoms with Crippen molar-refractivity contribution >= 4 is 17.7 Å². The van der Waals surface area contributed by atoms with Crippen molar-refractivity contribution in [1.82, 2.24) is 10.2 Å². The van der Waals surface area contributed by atoms with Crippen LogP contribution in [-0.4, -0.2) is 33.1 Å². The summed E-state index contributed by atoms with van der Waals surface area (Å²) in [5.74, 6) is 1.22. The lowest BCUT2D eigenvalue weighted by Gasteiger charge is -2.04. The van der Waals surface area contributed by atoms with E-state index in [1.54, 1.807) is 0 Å². The van der Waals surface area contributed by atoms with E-state index in [9.17, 15) is 4.79 Å². The van der Waals surface area contributed by atoms with Crippen LogP contribution < -0.4 is 5.73 Å². The first-order chi connectivity index (χ1) is 9.66. The summed E-state index contributed by atoms with van der Waals surface area (Å²) in [6, 6.07) is 8.71. The Bertz CT molecular complexity index is 559. The fourth-order valence-electron chi connectivity index (χ4n) is 1.50. The molecule has 0 aliphatic carbocycles. The summed E-state index contributed by atoms with van der Waals surface area (Å²) in [6.45, 7) is 0. The van der Waals surface area contributed by atoms with Gasteiger partial charge < -0.3 is 15.3 Å².